The van der Waals surface area contributed by atoms with Crippen molar-refractivity contribution in [2.24, 2.45) is 5.92 Å². The molecule has 2 aromatic rings. The zero-order chi connectivity index (χ0) is 15.5. The van der Waals surface area contributed by atoms with Crippen molar-refractivity contribution in [1.82, 2.24) is 9.78 Å². The number of hydrogen-bond acceptors (Lipinski definition) is 2. The van der Waals surface area contributed by atoms with Gasteiger partial charge < -0.3 is 4.74 Å². The van der Waals surface area contributed by atoms with E-state index in [4.69, 9.17) is 4.74 Å². The lowest BCUT2D eigenvalue weighted by molar-refractivity contribution is 0.00400. The number of hydrogen-bond donors (Lipinski definition) is 0. The third-order valence-corrected chi connectivity index (χ3v) is 4.51. The maximum absolute atomic E-state index is 5.79. The SMILES string of the molecule is C(#CC1CC1)c1ccc(-c2cnn(C[C@H]3CCCCO3)c2)cc1. The number of ether oxygens (including phenoxy) is 1. The van der Waals surface area contributed by atoms with E-state index in [0.717, 1.165) is 30.7 Å². The standard InChI is InChI=1S/C20H22N2O/c1-2-12-23-20(3-1)15-22-14-19(13-21-22)18-10-8-17(9-11-18)7-6-16-4-5-16/h8-11,13-14,16,20H,1-5,12,15H2/t20-/m1/s1. The molecule has 0 unspecified atom stereocenters. The lowest BCUT2D eigenvalue weighted by Gasteiger charge is -2.22. The minimum absolute atomic E-state index is 0.316. The van der Waals surface area contributed by atoms with Crippen LogP contribution in [0, 0.1) is 17.8 Å². The van der Waals surface area contributed by atoms with E-state index in [-0.39, 0.29) is 0 Å². The molecule has 118 valence electrons. The maximum atomic E-state index is 5.79. The highest BCUT2D eigenvalue weighted by Crippen LogP contribution is 2.27. The van der Waals surface area contributed by atoms with Gasteiger partial charge in [0.15, 0.2) is 0 Å². The van der Waals surface area contributed by atoms with Crippen LogP contribution >= 0.6 is 0 Å². The monoisotopic (exact) mass is 306 g/mol. The molecule has 0 spiro atoms. The van der Waals surface area contributed by atoms with Gasteiger partial charge in [-0.1, -0.05) is 24.0 Å². The molecule has 0 bridgehead atoms. The maximum Gasteiger partial charge on any atom is 0.0770 e. The molecule has 3 heteroatoms. The fourth-order valence-electron chi connectivity index (χ4n) is 2.93. The summed E-state index contributed by atoms with van der Waals surface area (Å²) in [4.78, 5) is 0. The molecule has 1 aliphatic carbocycles. The van der Waals surface area contributed by atoms with Crippen LogP contribution in [0.2, 0.25) is 0 Å². The second-order valence-corrected chi connectivity index (χ2v) is 6.56. The average Bonchev–Trinajstić information content (AvgIpc) is 3.32. The summed E-state index contributed by atoms with van der Waals surface area (Å²) in [5.41, 5.74) is 3.45. The van der Waals surface area contributed by atoms with Crippen molar-refractivity contribution < 1.29 is 4.74 Å². The van der Waals surface area contributed by atoms with Gasteiger partial charge in [-0.2, -0.15) is 5.10 Å². The predicted molar refractivity (Wildman–Crippen MR) is 90.9 cm³/mol. The summed E-state index contributed by atoms with van der Waals surface area (Å²) >= 11 is 0. The number of aromatic nitrogens is 2. The van der Waals surface area contributed by atoms with Gasteiger partial charge >= 0.3 is 0 Å². The van der Waals surface area contributed by atoms with E-state index in [1.165, 1.54) is 31.2 Å². The Kier molecular flexibility index (Phi) is 4.17. The highest BCUT2D eigenvalue weighted by Gasteiger charge is 2.17. The summed E-state index contributed by atoms with van der Waals surface area (Å²) in [6, 6.07) is 8.48. The normalized spacial score (nSPS) is 20.8. The van der Waals surface area contributed by atoms with Gasteiger partial charge in [-0.15, -0.1) is 0 Å². The van der Waals surface area contributed by atoms with E-state index in [1.807, 2.05) is 10.9 Å². The number of benzene rings is 1. The Morgan fingerprint density at radius 2 is 1.96 bits per heavy atom. The molecule has 0 amide bonds. The van der Waals surface area contributed by atoms with E-state index in [0.29, 0.717) is 12.0 Å². The smallest absolute Gasteiger partial charge is 0.0770 e. The first-order valence-corrected chi connectivity index (χ1v) is 8.63. The van der Waals surface area contributed by atoms with Gasteiger partial charge in [-0.3, -0.25) is 4.68 Å². The van der Waals surface area contributed by atoms with Gasteiger partial charge in [0.25, 0.3) is 0 Å². The van der Waals surface area contributed by atoms with Crippen molar-refractivity contribution in [1.29, 1.82) is 0 Å². The fourth-order valence-corrected chi connectivity index (χ4v) is 2.93. The second kappa shape index (κ2) is 6.60. The van der Waals surface area contributed by atoms with E-state index < -0.39 is 0 Å². The van der Waals surface area contributed by atoms with Crippen molar-refractivity contribution in [2.45, 2.75) is 44.8 Å². The molecule has 2 aliphatic rings. The molecule has 0 N–H and O–H groups in total. The molecule has 1 aliphatic heterocycles. The third-order valence-electron chi connectivity index (χ3n) is 4.51. The minimum Gasteiger partial charge on any atom is -0.376 e. The Hall–Kier alpha value is -2.05. The largest absolute Gasteiger partial charge is 0.376 e. The van der Waals surface area contributed by atoms with Crippen LogP contribution in [0.25, 0.3) is 11.1 Å². The van der Waals surface area contributed by atoms with Crippen molar-refractivity contribution >= 4 is 0 Å². The Labute approximate surface area is 137 Å². The van der Waals surface area contributed by atoms with E-state index >= 15 is 0 Å². The summed E-state index contributed by atoms with van der Waals surface area (Å²) in [5, 5.41) is 4.49. The Morgan fingerprint density at radius 3 is 2.70 bits per heavy atom. The van der Waals surface area contributed by atoms with Crippen LogP contribution in [0.15, 0.2) is 36.7 Å². The Balaban J connectivity index is 1.42. The molecule has 2 fully saturated rings. The summed E-state index contributed by atoms with van der Waals surface area (Å²) in [5.74, 6) is 7.21. The van der Waals surface area contributed by atoms with Gasteiger partial charge in [0.2, 0.25) is 0 Å². The number of rotatable bonds is 3. The lowest BCUT2D eigenvalue weighted by Crippen LogP contribution is -2.24. The van der Waals surface area contributed by atoms with Crippen LogP contribution < -0.4 is 0 Å². The van der Waals surface area contributed by atoms with Crippen molar-refractivity contribution in [3.63, 3.8) is 0 Å². The quantitative estimate of drug-likeness (QED) is 0.805. The Morgan fingerprint density at radius 1 is 1.09 bits per heavy atom. The van der Waals surface area contributed by atoms with Crippen LogP contribution in [0.4, 0.5) is 0 Å². The third kappa shape index (κ3) is 3.83. The average molecular weight is 306 g/mol. The molecule has 4 rings (SSSR count). The van der Waals surface area contributed by atoms with Crippen LogP contribution in [-0.2, 0) is 11.3 Å². The van der Waals surface area contributed by atoms with E-state index in [9.17, 15) is 0 Å². The molecule has 3 nitrogen and oxygen atoms in total. The predicted octanol–water partition coefficient (Wildman–Crippen LogP) is 3.88. The highest BCUT2D eigenvalue weighted by atomic mass is 16.5. The summed E-state index contributed by atoms with van der Waals surface area (Å²) in [6.45, 7) is 1.74. The molecule has 1 atom stereocenters. The van der Waals surface area contributed by atoms with Crippen LogP contribution in [0.3, 0.4) is 0 Å². The fraction of sp³-hybridized carbons (Fsp3) is 0.450. The molecule has 1 saturated carbocycles. The van der Waals surface area contributed by atoms with Gasteiger partial charge in [-0.05, 0) is 49.8 Å². The molecule has 1 aromatic heterocycles. The van der Waals surface area contributed by atoms with Crippen molar-refractivity contribution in [2.75, 3.05) is 6.61 Å². The zero-order valence-corrected chi connectivity index (χ0v) is 13.4. The molecule has 0 radical (unpaired) electrons. The first-order valence-electron chi connectivity index (χ1n) is 8.63. The second-order valence-electron chi connectivity index (χ2n) is 6.56. The molecule has 1 aromatic carbocycles. The lowest BCUT2D eigenvalue weighted by atomic mass is 10.1. The molecule has 2 heterocycles. The minimum atomic E-state index is 0.316. The molecular weight excluding hydrogens is 284 g/mol. The highest BCUT2D eigenvalue weighted by molar-refractivity contribution is 5.62. The topological polar surface area (TPSA) is 27.1 Å². The first-order chi connectivity index (χ1) is 11.4. The molecule has 1 saturated heterocycles. The Bertz CT molecular complexity index is 710. The van der Waals surface area contributed by atoms with Crippen LogP contribution in [-0.4, -0.2) is 22.5 Å². The van der Waals surface area contributed by atoms with E-state index in [2.05, 4.69) is 47.4 Å². The van der Waals surface area contributed by atoms with Crippen molar-refractivity contribution in [3.8, 4) is 23.0 Å². The van der Waals surface area contributed by atoms with Gasteiger partial charge in [0, 0.05) is 29.8 Å². The molecular formula is C20H22N2O. The molecule has 23 heavy (non-hydrogen) atoms. The first kappa shape index (κ1) is 14.5. The van der Waals surface area contributed by atoms with Gasteiger partial charge in [0.05, 0.1) is 18.8 Å². The van der Waals surface area contributed by atoms with E-state index in [1.54, 1.807) is 0 Å². The summed E-state index contributed by atoms with van der Waals surface area (Å²) in [6.07, 6.45) is 10.5. The number of nitrogens with zero attached hydrogens (tertiary/aromatic N) is 2. The van der Waals surface area contributed by atoms with Crippen LogP contribution in [0.5, 0.6) is 0 Å². The van der Waals surface area contributed by atoms with Crippen molar-refractivity contribution in [3.05, 3.63) is 42.2 Å². The van der Waals surface area contributed by atoms with Gasteiger partial charge in [-0.25, -0.2) is 0 Å². The van der Waals surface area contributed by atoms with Gasteiger partial charge in [0.1, 0.15) is 0 Å². The summed E-state index contributed by atoms with van der Waals surface area (Å²) < 4.78 is 7.79. The zero-order valence-electron chi connectivity index (χ0n) is 13.4. The van der Waals surface area contributed by atoms with Crippen LogP contribution in [0.1, 0.15) is 37.7 Å². The summed E-state index contributed by atoms with van der Waals surface area (Å²) in [7, 11) is 0.